The predicted octanol–water partition coefficient (Wildman–Crippen LogP) is 4.70. The second-order valence-electron chi connectivity index (χ2n) is 6.08. The van der Waals surface area contributed by atoms with Crippen LogP contribution in [0.5, 0.6) is 0 Å². The van der Waals surface area contributed by atoms with Crippen LogP contribution in [0.3, 0.4) is 0 Å². The molecular weight excluding hydrogens is 268 g/mol. The van der Waals surface area contributed by atoms with E-state index in [1.54, 1.807) is 0 Å². The first-order valence-electron chi connectivity index (χ1n) is 8.53. The summed E-state index contributed by atoms with van der Waals surface area (Å²) in [5.74, 6) is 0. The maximum atomic E-state index is 2.62. The number of piperidine rings is 1. The lowest BCUT2D eigenvalue weighted by Gasteiger charge is -2.29. The highest BCUT2D eigenvalue weighted by Crippen LogP contribution is 2.25. The van der Waals surface area contributed by atoms with Gasteiger partial charge in [-0.05, 0) is 63.2 Å². The fourth-order valence-electron chi connectivity index (χ4n) is 3.26. The topological polar surface area (TPSA) is 6.48 Å². The van der Waals surface area contributed by atoms with Crippen LogP contribution in [0, 0.1) is 0 Å². The van der Waals surface area contributed by atoms with Crippen molar-refractivity contribution in [2.45, 2.75) is 25.7 Å². The molecule has 116 valence electrons. The molecule has 0 saturated carbocycles. The largest absolute Gasteiger partial charge is 0.341 e. The quantitative estimate of drug-likeness (QED) is 0.762. The van der Waals surface area contributed by atoms with E-state index >= 15 is 0 Å². The molecule has 1 fully saturated rings. The van der Waals surface area contributed by atoms with Gasteiger partial charge in [0.2, 0.25) is 0 Å². The number of rotatable bonds is 6. The van der Waals surface area contributed by atoms with Crippen molar-refractivity contribution in [2.24, 2.45) is 0 Å². The van der Waals surface area contributed by atoms with Gasteiger partial charge in [0.15, 0.2) is 0 Å². The standard InChI is InChI=1S/C20H26N2/c1-4-11-19(12-5-1)22(20-13-6-2-7-14-20)18-10-17-21-15-8-3-9-16-21/h1-2,4-7,11-14H,3,8-10,15-18H2. The van der Waals surface area contributed by atoms with Gasteiger partial charge < -0.3 is 9.80 Å². The summed E-state index contributed by atoms with van der Waals surface area (Å²) < 4.78 is 0. The minimum Gasteiger partial charge on any atom is -0.341 e. The van der Waals surface area contributed by atoms with E-state index in [2.05, 4.69) is 70.5 Å². The second kappa shape index (κ2) is 8.00. The van der Waals surface area contributed by atoms with Gasteiger partial charge >= 0.3 is 0 Å². The maximum Gasteiger partial charge on any atom is 0.0410 e. The maximum absolute atomic E-state index is 2.62. The Hall–Kier alpha value is -1.80. The molecule has 0 N–H and O–H groups in total. The Morgan fingerprint density at radius 2 is 1.27 bits per heavy atom. The van der Waals surface area contributed by atoms with Gasteiger partial charge in [0.05, 0.1) is 0 Å². The number of hydrogen-bond acceptors (Lipinski definition) is 2. The van der Waals surface area contributed by atoms with E-state index in [4.69, 9.17) is 0 Å². The zero-order valence-electron chi connectivity index (χ0n) is 13.3. The lowest BCUT2D eigenvalue weighted by atomic mass is 10.1. The Bertz CT molecular complexity index is 493. The number of likely N-dealkylation sites (tertiary alicyclic amines) is 1. The van der Waals surface area contributed by atoms with Gasteiger partial charge in [-0.1, -0.05) is 42.8 Å². The zero-order chi connectivity index (χ0) is 15.0. The summed E-state index contributed by atoms with van der Waals surface area (Å²) in [6, 6.07) is 21.5. The molecule has 2 nitrogen and oxygen atoms in total. The minimum atomic E-state index is 1.07. The summed E-state index contributed by atoms with van der Waals surface area (Å²) in [7, 11) is 0. The summed E-state index contributed by atoms with van der Waals surface area (Å²) in [4.78, 5) is 5.06. The molecule has 0 amide bonds. The first-order chi connectivity index (χ1) is 10.9. The van der Waals surface area contributed by atoms with Crippen molar-refractivity contribution < 1.29 is 0 Å². The van der Waals surface area contributed by atoms with Crippen molar-refractivity contribution in [3.63, 3.8) is 0 Å². The van der Waals surface area contributed by atoms with Crippen molar-refractivity contribution in [1.29, 1.82) is 0 Å². The average Bonchev–Trinajstić information content (AvgIpc) is 2.61. The monoisotopic (exact) mass is 294 g/mol. The number of hydrogen-bond donors (Lipinski definition) is 0. The van der Waals surface area contributed by atoms with Crippen LogP contribution >= 0.6 is 0 Å². The first kappa shape index (κ1) is 15.1. The highest BCUT2D eigenvalue weighted by atomic mass is 15.2. The van der Waals surface area contributed by atoms with Gasteiger partial charge in [0.1, 0.15) is 0 Å². The Morgan fingerprint density at radius 1 is 0.727 bits per heavy atom. The zero-order valence-corrected chi connectivity index (χ0v) is 13.3. The van der Waals surface area contributed by atoms with Crippen molar-refractivity contribution in [3.05, 3.63) is 60.7 Å². The van der Waals surface area contributed by atoms with Crippen LogP contribution in [-0.4, -0.2) is 31.1 Å². The molecule has 0 bridgehead atoms. The van der Waals surface area contributed by atoms with Gasteiger partial charge in [-0.2, -0.15) is 0 Å². The average molecular weight is 294 g/mol. The molecule has 0 aromatic heterocycles. The molecule has 1 heterocycles. The molecule has 3 rings (SSSR count). The first-order valence-corrected chi connectivity index (χ1v) is 8.53. The Labute approximate surface area is 134 Å². The SMILES string of the molecule is c1ccc(N(CCCN2CCCCC2)c2ccccc2)cc1. The predicted molar refractivity (Wildman–Crippen MR) is 94.8 cm³/mol. The molecule has 2 heteroatoms. The summed E-state index contributed by atoms with van der Waals surface area (Å²) in [6.45, 7) is 4.87. The second-order valence-corrected chi connectivity index (χ2v) is 6.08. The lowest BCUT2D eigenvalue weighted by Crippen LogP contribution is -2.32. The minimum absolute atomic E-state index is 1.07. The molecule has 1 saturated heterocycles. The smallest absolute Gasteiger partial charge is 0.0410 e. The molecule has 0 atom stereocenters. The van der Waals surface area contributed by atoms with E-state index in [0.717, 1.165) is 6.54 Å². The summed E-state index contributed by atoms with van der Waals surface area (Å²) >= 11 is 0. The van der Waals surface area contributed by atoms with Gasteiger partial charge in [0.25, 0.3) is 0 Å². The van der Waals surface area contributed by atoms with Gasteiger partial charge in [-0.15, -0.1) is 0 Å². The number of anilines is 2. The molecule has 0 aliphatic carbocycles. The van der Waals surface area contributed by atoms with Gasteiger partial charge in [-0.3, -0.25) is 0 Å². The third kappa shape index (κ3) is 4.11. The third-order valence-electron chi connectivity index (χ3n) is 4.44. The molecule has 2 aromatic rings. The molecular formula is C20H26N2. The van der Waals surface area contributed by atoms with E-state index in [-0.39, 0.29) is 0 Å². The Kier molecular flexibility index (Phi) is 5.49. The van der Waals surface area contributed by atoms with Crippen LogP contribution < -0.4 is 4.90 Å². The number of nitrogens with zero attached hydrogens (tertiary/aromatic N) is 2. The van der Waals surface area contributed by atoms with E-state index in [9.17, 15) is 0 Å². The van der Waals surface area contributed by atoms with Crippen LogP contribution in [0.4, 0.5) is 11.4 Å². The molecule has 0 unspecified atom stereocenters. The lowest BCUT2D eigenvalue weighted by molar-refractivity contribution is 0.227. The highest BCUT2D eigenvalue weighted by molar-refractivity contribution is 5.62. The normalized spacial score (nSPS) is 15.6. The van der Waals surface area contributed by atoms with E-state index < -0.39 is 0 Å². The molecule has 1 aliphatic heterocycles. The van der Waals surface area contributed by atoms with Crippen molar-refractivity contribution in [1.82, 2.24) is 4.90 Å². The molecule has 0 radical (unpaired) electrons. The van der Waals surface area contributed by atoms with Crippen molar-refractivity contribution in [2.75, 3.05) is 31.1 Å². The number of benzene rings is 2. The highest BCUT2D eigenvalue weighted by Gasteiger charge is 2.12. The third-order valence-corrected chi connectivity index (χ3v) is 4.44. The van der Waals surface area contributed by atoms with E-state index in [1.165, 1.54) is 56.7 Å². The van der Waals surface area contributed by atoms with Gasteiger partial charge in [-0.25, -0.2) is 0 Å². The van der Waals surface area contributed by atoms with Crippen LogP contribution in [-0.2, 0) is 0 Å². The van der Waals surface area contributed by atoms with E-state index in [0.29, 0.717) is 0 Å². The fraction of sp³-hybridized carbons (Fsp3) is 0.400. The number of para-hydroxylation sites is 2. The van der Waals surface area contributed by atoms with Crippen molar-refractivity contribution in [3.8, 4) is 0 Å². The van der Waals surface area contributed by atoms with Crippen LogP contribution in [0.2, 0.25) is 0 Å². The van der Waals surface area contributed by atoms with Crippen LogP contribution in [0.1, 0.15) is 25.7 Å². The van der Waals surface area contributed by atoms with Crippen LogP contribution in [0.15, 0.2) is 60.7 Å². The summed E-state index contributed by atoms with van der Waals surface area (Å²) in [5.41, 5.74) is 2.57. The van der Waals surface area contributed by atoms with Crippen molar-refractivity contribution >= 4 is 11.4 Å². The molecule has 1 aliphatic rings. The fourth-order valence-corrected chi connectivity index (χ4v) is 3.26. The summed E-state index contributed by atoms with van der Waals surface area (Å²) in [5, 5.41) is 0. The molecule has 22 heavy (non-hydrogen) atoms. The molecule has 2 aromatic carbocycles. The summed E-state index contributed by atoms with van der Waals surface area (Å²) in [6.07, 6.45) is 5.38. The Morgan fingerprint density at radius 3 is 1.82 bits per heavy atom. The van der Waals surface area contributed by atoms with Crippen LogP contribution in [0.25, 0.3) is 0 Å². The van der Waals surface area contributed by atoms with E-state index in [1.807, 2.05) is 0 Å². The molecule has 0 spiro atoms. The van der Waals surface area contributed by atoms with Gasteiger partial charge in [0, 0.05) is 17.9 Å². The Balaban J connectivity index is 1.64.